The maximum Gasteiger partial charge on any atom is 0.335 e. The van der Waals surface area contributed by atoms with Crippen molar-refractivity contribution in [2.45, 2.75) is 6.92 Å². The topological polar surface area (TPSA) is 78.9 Å². The van der Waals surface area contributed by atoms with Crippen molar-refractivity contribution < 1.29 is 9.90 Å². The van der Waals surface area contributed by atoms with E-state index in [1.165, 1.54) is 12.1 Å². The van der Waals surface area contributed by atoms with Gasteiger partial charge in [0.2, 0.25) is 0 Å². The van der Waals surface area contributed by atoms with E-state index in [1.807, 2.05) is 18.4 Å². The molecule has 0 saturated heterocycles. The molecule has 0 amide bonds. The minimum atomic E-state index is -0.973. The van der Waals surface area contributed by atoms with E-state index in [1.54, 1.807) is 34.3 Å². The van der Waals surface area contributed by atoms with E-state index in [0.717, 1.165) is 10.4 Å². The monoisotopic (exact) mass is 309 g/mol. The second-order valence-corrected chi connectivity index (χ2v) is 5.65. The van der Waals surface area contributed by atoms with Crippen molar-refractivity contribution >= 4 is 17.3 Å². The molecule has 2 heterocycles. The molecule has 5 nitrogen and oxygen atoms in total. The molecule has 6 heteroatoms. The normalized spacial score (nSPS) is 10.4. The third-order valence-corrected chi connectivity index (χ3v) is 4.31. The van der Waals surface area contributed by atoms with Gasteiger partial charge in [0.05, 0.1) is 21.7 Å². The van der Waals surface area contributed by atoms with E-state index in [9.17, 15) is 10.1 Å². The van der Waals surface area contributed by atoms with E-state index < -0.39 is 5.97 Å². The van der Waals surface area contributed by atoms with Gasteiger partial charge in [-0.1, -0.05) is 0 Å². The Bertz CT molecular complexity index is 885. The molecule has 0 saturated carbocycles. The van der Waals surface area contributed by atoms with Gasteiger partial charge in [-0.15, -0.1) is 11.3 Å². The van der Waals surface area contributed by atoms with E-state index in [0.29, 0.717) is 16.9 Å². The predicted octanol–water partition coefficient (Wildman–Crippen LogP) is 3.48. The molecule has 3 rings (SSSR count). The van der Waals surface area contributed by atoms with E-state index in [2.05, 4.69) is 11.2 Å². The van der Waals surface area contributed by atoms with Crippen LogP contribution in [-0.4, -0.2) is 20.9 Å². The molecule has 3 aromatic rings. The molecular formula is C16H11N3O2S. The van der Waals surface area contributed by atoms with Crippen molar-refractivity contribution in [2.75, 3.05) is 0 Å². The third-order valence-electron chi connectivity index (χ3n) is 3.29. The molecule has 0 fully saturated rings. The van der Waals surface area contributed by atoms with Gasteiger partial charge in [0, 0.05) is 6.20 Å². The number of hydrogen-bond donors (Lipinski definition) is 1. The van der Waals surface area contributed by atoms with Gasteiger partial charge in [-0.2, -0.15) is 10.4 Å². The van der Waals surface area contributed by atoms with Crippen LogP contribution in [0.4, 0.5) is 0 Å². The van der Waals surface area contributed by atoms with Crippen molar-refractivity contribution in [1.82, 2.24) is 9.78 Å². The van der Waals surface area contributed by atoms with Crippen LogP contribution in [0, 0.1) is 18.3 Å². The molecule has 0 aliphatic carbocycles. The lowest BCUT2D eigenvalue weighted by atomic mass is 10.2. The molecule has 0 atom stereocenters. The van der Waals surface area contributed by atoms with Crippen molar-refractivity contribution in [3.05, 3.63) is 58.6 Å². The summed E-state index contributed by atoms with van der Waals surface area (Å²) >= 11 is 1.54. The van der Waals surface area contributed by atoms with Gasteiger partial charge in [0.25, 0.3) is 0 Å². The Morgan fingerprint density at radius 1 is 1.32 bits per heavy atom. The van der Waals surface area contributed by atoms with Crippen LogP contribution in [-0.2, 0) is 0 Å². The summed E-state index contributed by atoms with van der Waals surface area (Å²) in [5.41, 5.74) is 3.14. The van der Waals surface area contributed by atoms with Crippen molar-refractivity contribution in [1.29, 1.82) is 5.26 Å². The molecule has 108 valence electrons. The minimum absolute atomic E-state index is 0.214. The SMILES string of the molecule is Cc1ccsc1-c1nn(-c2ccc(C(=O)O)cc2)cc1C#N. The van der Waals surface area contributed by atoms with Crippen LogP contribution in [0.2, 0.25) is 0 Å². The quantitative estimate of drug-likeness (QED) is 0.803. The Kier molecular flexibility index (Phi) is 3.49. The number of carboxylic acid groups (broad SMARTS) is 1. The Balaban J connectivity index is 2.06. The molecule has 0 bridgehead atoms. The Hall–Kier alpha value is -2.91. The van der Waals surface area contributed by atoms with E-state index in [4.69, 9.17) is 5.11 Å². The number of thiophene rings is 1. The standard InChI is InChI=1S/C16H11N3O2S/c1-10-6-7-22-15(10)14-12(8-17)9-19(18-14)13-4-2-11(3-5-13)16(20)21/h2-7,9H,1H3,(H,20,21). The molecule has 2 aromatic heterocycles. The van der Waals surface area contributed by atoms with E-state index in [-0.39, 0.29) is 5.56 Å². The van der Waals surface area contributed by atoms with Crippen LogP contribution in [0.1, 0.15) is 21.5 Å². The van der Waals surface area contributed by atoms with Crippen LogP contribution < -0.4 is 0 Å². The largest absolute Gasteiger partial charge is 0.478 e. The zero-order chi connectivity index (χ0) is 15.7. The van der Waals surface area contributed by atoms with Gasteiger partial charge in [-0.3, -0.25) is 0 Å². The number of benzene rings is 1. The molecular weight excluding hydrogens is 298 g/mol. The average Bonchev–Trinajstić information content (AvgIpc) is 3.12. The number of nitriles is 1. The number of aryl methyl sites for hydroxylation is 1. The number of hydrogen-bond acceptors (Lipinski definition) is 4. The number of carbonyl (C=O) groups is 1. The summed E-state index contributed by atoms with van der Waals surface area (Å²) in [6.07, 6.45) is 1.66. The zero-order valence-electron chi connectivity index (χ0n) is 11.6. The van der Waals surface area contributed by atoms with Crippen molar-refractivity contribution in [3.63, 3.8) is 0 Å². The lowest BCUT2D eigenvalue weighted by molar-refractivity contribution is 0.0697. The number of nitrogens with zero attached hydrogens (tertiary/aromatic N) is 3. The van der Waals surface area contributed by atoms with Crippen LogP contribution in [0.5, 0.6) is 0 Å². The average molecular weight is 309 g/mol. The fourth-order valence-corrected chi connectivity index (χ4v) is 3.05. The van der Waals surface area contributed by atoms with E-state index >= 15 is 0 Å². The lowest BCUT2D eigenvalue weighted by Crippen LogP contribution is -1.98. The zero-order valence-corrected chi connectivity index (χ0v) is 12.5. The minimum Gasteiger partial charge on any atom is -0.478 e. The Morgan fingerprint density at radius 2 is 2.05 bits per heavy atom. The first-order valence-corrected chi connectivity index (χ1v) is 7.36. The molecule has 0 radical (unpaired) electrons. The molecule has 1 aromatic carbocycles. The van der Waals surface area contributed by atoms with Crippen molar-refractivity contribution in [3.8, 4) is 22.3 Å². The first kappa shape index (κ1) is 14.0. The second kappa shape index (κ2) is 5.47. The van der Waals surface area contributed by atoms with Crippen LogP contribution >= 0.6 is 11.3 Å². The molecule has 1 N–H and O–H groups in total. The van der Waals surface area contributed by atoms with Gasteiger partial charge in [-0.25, -0.2) is 9.48 Å². The number of rotatable bonds is 3. The molecule has 22 heavy (non-hydrogen) atoms. The smallest absolute Gasteiger partial charge is 0.335 e. The van der Waals surface area contributed by atoms with Crippen LogP contribution in [0.25, 0.3) is 16.3 Å². The van der Waals surface area contributed by atoms with Crippen molar-refractivity contribution in [2.24, 2.45) is 0 Å². The maximum atomic E-state index is 10.9. The van der Waals surface area contributed by atoms with Gasteiger partial charge >= 0.3 is 5.97 Å². The first-order chi connectivity index (χ1) is 10.6. The molecule has 0 unspecified atom stereocenters. The highest BCUT2D eigenvalue weighted by molar-refractivity contribution is 7.13. The van der Waals surface area contributed by atoms with Crippen LogP contribution in [0.15, 0.2) is 41.9 Å². The fraction of sp³-hybridized carbons (Fsp3) is 0.0625. The van der Waals surface area contributed by atoms with Crippen LogP contribution in [0.3, 0.4) is 0 Å². The summed E-state index contributed by atoms with van der Waals surface area (Å²) < 4.78 is 1.60. The highest BCUT2D eigenvalue weighted by Crippen LogP contribution is 2.30. The van der Waals surface area contributed by atoms with Gasteiger partial charge in [-0.05, 0) is 48.2 Å². The van der Waals surface area contributed by atoms with Gasteiger partial charge < -0.3 is 5.11 Å². The summed E-state index contributed by atoms with van der Waals surface area (Å²) in [6.45, 7) is 1.98. The maximum absolute atomic E-state index is 10.9. The lowest BCUT2D eigenvalue weighted by Gasteiger charge is -2.01. The number of aromatic nitrogens is 2. The predicted molar refractivity (Wildman–Crippen MR) is 83.3 cm³/mol. The highest BCUT2D eigenvalue weighted by Gasteiger charge is 2.15. The highest BCUT2D eigenvalue weighted by atomic mass is 32.1. The third kappa shape index (κ3) is 2.38. The summed E-state index contributed by atoms with van der Waals surface area (Å²) in [5.74, 6) is -0.973. The number of aromatic carboxylic acids is 1. The number of carboxylic acids is 1. The first-order valence-electron chi connectivity index (χ1n) is 6.48. The Labute approximate surface area is 130 Å². The summed E-state index contributed by atoms with van der Waals surface area (Å²) in [5, 5.41) is 24.7. The second-order valence-electron chi connectivity index (χ2n) is 4.73. The van der Waals surface area contributed by atoms with Gasteiger partial charge in [0.1, 0.15) is 11.8 Å². The fourth-order valence-electron chi connectivity index (χ4n) is 2.13. The molecule has 0 spiro atoms. The molecule has 0 aliphatic rings. The summed E-state index contributed by atoms with van der Waals surface area (Å²) in [7, 11) is 0. The molecule has 0 aliphatic heterocycles. The summed E-state index contributed by atoms with van der Waals surface area (Å²) in [4.78, 5) is 11.9. The van der Waals surface area contributed by atoms with Gasteiger partial charge in [0.15, 0.2) is 0 Å². The summed E-state index contributed by atoms with van der Waals surface area (Å²) in [6, 6.07) is 10.5. The Morgan fingerprint density at radius 3 is 2.59 bits per heavy atom.